The smallest absolute Gasteiger partial charge is 0.492 e. The van der Waals surface area contributed by atoms with Crippen LogP contribution in [0.2, 0.25) is 0 Å². The van der Waals surface area contributed by atoms with Crippen molar-refractivity contribution in [2.24, 2.45) is 0 Å². The summed E-state index contributed by atoms with van der Waals surface area (Å²) in [4.78, 5) is 53.9. The molecule has 1 aliphatic heterocycles. The Hall–Kier alpha value is -4.96. The minimum absolute atomic E-state index is 0.0898. The van der Waals surface area contributed by atoms with E-state index in [2.05, 4.69) is 20.0 Å². The highest BCUT2D eigenvalue weighted by molar-refractivity contribution is 7.92. The average Bonchev–Trinajstić information content (AvgIpc) is 3.00. The molecule has 1 fully saturated rings. The van der Waals surface area contributed by atoms with E-state index in [4.69, 9.17) is 19.0 Å². The molecule has 4 rings (SSSR count). The summed E-state index contributed by atoms with van der Waals surface area (Å²) in [5.74, 6) is -0.298. The zero-order chi connectivity index (χ0) is 37.0. The van der Waals surface area contributed by atoms with Crippen molar-refractivity contribution in [2.45, 2.75) is 59.5 Å². The van der Waals surface area contributed by atoms with Crippen LogP contribution in [0.25, 0.3) is 0 Å². The highest BCUT2D eigenvalue weighted by Crippen LogP contribution is 2.39. The number of aryl methyl sites for hydroxylation is 1. The Bertz CT molecular complexity index is 1860. The van der Waals surface area contributed by atoms with Gasteiger partial charge in [-0.05, 0) is 68.5 Å². The number of aromatic nitrogens is 2. The summed E-state index contributed by atoms with van der Waals surface area (Å²) < 4.78 is 43.4. The zero-order valence-corrected chi connectivity index (χ0v) is 30.6. The first-order valence-electron chi connectivity index (χ1n) is 15.8. The topological polar surface area (TPSA) is 179 Å². The fourth-order valence-corrected chi connectivity index (χ4v) is 5.39. The first kappa shape index (κ1) is 37.9. The van der Waals surface area contributed by atoms with Crippen molar-refractivity contribution in [3.05, 3.63) is 65.1 Å². The molecule has 2 amide bonds. The molecule has 0 unspecified atom stereocenters. The molecular weight excluding hydrogens is 668 g/mol. The van der Waals surface area contributed by atoms with Crippen LogP contribution < -0.4 is 19.5 Å². The van der Waals surface area contributed by atoms with Gasteiger partial charge in [0.15, 0.2) is 5.75 Å². The molecule has 2 heterocycles. The van der Waals surface area contributed by atoms with Crippen molar-refractivity contribution in [1.82, 2.24) is 19.9 Å². The van der Waals surface area contributed by atoms with Gasteiger partial charge < -0.3 is 29.3 Å². The minimum Gasteiger partial charge on any atom is -0.492 e. The number of sulfonamides is 1. The number of ether oxygens (including phenoxy) is 3. The van der Waals surface area contributed by atoms with Crippen LogP contribution in [0, 0.1) is 6.92 Å². The summed E-state index contributed by atoms with van der Waals surface area (Å²) >= 11 is 0. The van der Waals surface area contributed by atoms with Crippen LogP contribution >= 0.6 is 0 Å². The fourth-order valence-electron chi connectivity index (χ4n) is 4.84. The molecule has 15 nitrogen and oxygen atoms in total. The normalized spacial score (nSPS) is 14.1. The van der Waals surface area contributed by atoms with Crippen molar-refractivity contribution in [3.8, 4) is 17.4 Å². The SMILES string of the molecule is COc1c(NC(=O)c2ccc(C)c(Oc3cc(C(=O)N4CCN(OC(=O)OC(C)(C)C)CC4)ncn3)c2)cc(C(C)(C)C)cc1NS(C)(=O)=O. The van der Waals surface area contributed by atoms with E-state index in [1.807, 2.05) is 20.8 Å². The number of rotatable bonds is 9. The Labute approximate surface area is 292 Å². The van der Waals surface area contributed by atoms with Crippen molar-refractivity contribution >= 4 is 39.4 Å². The van der Waals surface area contributed by atoms with Crippen LogP contribution in [-0.2, 0) is 25.0 Å². The molecule has 16 heteroatoms. The molecule has 2 aromatic carbocycles. The second-order valence-electron chi connectivity index (χ2n) is 13.8. The Morgan fingerprint density at radius 1 is 0.900 bits per heavy atom. The lowest BCUT2D eigenvalue weighted by molar-refractivity contribution is -0.154. The Morgan fingerprint density at radius 2 is 1.56 bits per heavy atom. The molecule has 3 aromatic rings. The van der Waals surface area contributed by atoms with E-state index in [1.165, 1.54) is 30.6 Å². The summed E-state index contributed by atoms with van der Waals surface area (Å²) in [5, 5.41) is 4.29. The largest absolute Gasteiger partial charge is 0.528 e. The van der Waals surface area contributed by atoms with Crippen LogP contribution in [0.5, 0.6) is 17.4 Å². The number of hydrogen-bond acceptors (Lipinski definition) is 12. The van der Waals surface area contributed by atoms with E-state index in [0.717, 1.165) is 11.8 Å². The van der Waals surface area contributed by atoms with Gasteiger partial charge in [-0.3, -0.25) is 14.3 Å². The third-order valence-electron chi connectivity index (χ3n) is 7.35. The van der Waals surface area contributed by atoms with Gasteiger partial charge in [0.1, 0.15) is 23.4 Å². The van der Waals surface area contributed by atoms with E-state index in [9.17, 15) is 22.8 Å². The molecule has 1 saturated heterocycles. The number of amides is 2. The van der Waals surface area contributed by atoms with Crippen LogP contribution in [0.1, 0.15) is 73.5 Å². The maximum Gasteiger partial charge on any atom is 0.528 e. The second kappa shape index (κ2) is 14.9. The molecule has 0 atom stereocenters. The van der Waals surface area contributed by atoms with Gasteiger partial charge in [-0.2, -0.15) is 0 Å². The summed E-state index contributed by atoms with van der Waals surface area (Å²) in [5.41, 5.74) is 1.19. The average molecular weight is 713 g/mol. The number of carbonyl (C=O) groups excluding carboxylic acids is 3. The van der Waals surface area contributed by atoms with Gasteiger partial charge in [0.2, 0.25) is 15.9 Å². The maximum absolute atomic E-state index is 13.5. The van der Waals surface area contributed by atoms with Gasteiger partial charge in [-0.1, -0.05) is 26.8 Å². The molecule has 50 heavy (non-hydrogen) atoms. The monoisotopic (exact) mass is 712 g/mol. The number of anilines is 2. The number of hydrogen-bond donors (Lipinski definition) is 2. The molecule has 2 N–H and O–H groups in total. The summed E-state index contributed by atoms with van der Waals surface area (Å²) in [7, 11) is -2.27. The lowest BCUT2D eigenvalue weighted by Gasteiger charge is -2.33. The molecule has 0 bridgehead atoms. The third-order valence-corrected chi connectivity index (χ3v) is 7.94. The number of hydroxylamine groups is 2. The summed E-state index contributed by atoms with van der Waals surface area (Å²) in [6, 6.07) is 9.69. The van der Waals surface area contributed by atoms with Gasteiger partial charge in [0.05, 0.1) is 37.8 Å². The molecule has 270 valence electrons. The predicted molar refractivity (Wildman–Crippen MR) is 186 cm³/mol. The molecule has 0 aliphatic carbocycles. The van der Waals surface area contributed by atoms with Crippen molar-refractivity contribution < 1.29 is 41.8 Å². The summed E-state index contributed by atoms with van der Waals surface area (Å²) in [6.07, 6.45) is 1.44. The number of carbonyl (C=O) groups is 3. The van der Waals surface area contributed by atoms with Crippen molar-refractivity contribution in [1.29, 1.82) is 0 Å². The fraction of sp³-hybridized carbons (Fsp3) is 0.441. The van der Waals surface area contributed by atoms with E-state index in [0.29, 0.717) is 11.3 Å². The maximum atomic E-state index is 13.5. The Kier molecular flexibility index (Phi) is 11.3. The third kappa shape index (κ3) is 10.3. The van der Waals surface area contributed by atoms with Gasteiger partial charge in [-0.15, -0.1) is 5.06 Å². The van der Waals surface area contributed by atoms with Crippen molar-refractivity contribution in [3.63, 3.8) is 0 Å². The van der Waals surface area contributed by atoms with Gasteiger partial charge in [0, 0.05) is 24.7 Å². The molecule has 1 aliphatic rings. The Balaban J connectivity index is 1.48. The van der Waals surface area contributed by atoms with E-state index in [-0.39, 0.29) is 71.8 Å². The lowest BCUT2D eigenvalue weighted by Crippen LogP contribution is -2.49. The number of methoxy groups -OCH3 is 1. The van der Waals surface area contributed by atoms with Crippen LogP contribution in [0.15, 0.2) is 42.7 Å². The number of benzene rings is 2. The van der Waals surface area contributed by atoms with E-state index >= 15 is 0 Å². The second-order valence-corrected chi connectivity index (χ2v) is 15.5. The van der Waals surface area contributed by atoms with E-state index in [1.54, 1.807) is 56.9 Å². The van der Waals surface area contributed by atoms with Crippen LogP contribution in [0.3, 0.4) is 0 Å². The number of nitrogens with zero attached hydrogens (tertiary/aromatic N) is 4. The molecule has 0 spiro atoms. The highest BCUT2D eigenvalue weighted by Gasteiger charge is 2.28. The quantitative estimate of drug-likeness (QED) is 0.280. The molecule has 1 aromatic heterocycles. The van der Waals surface area contributed by atoms with E-state index < -0.39 is 27.7 Å². The summed E-state index contributed by atoms with van der Waals surface area (Å²) in [6.45, 7) is 14.0. The molecular formula is C34H44N6O9S. The number of nitrogens with one attached hydrogen (secondary N) is 2. The van der Waals surface area contributed by atoms with Crippen LogP contribution in [-0.4, -0.2) is 91.5 Å². The predicted octanol–water partition coefficient (Wildman–Crippen LogP) is 5.13. The standard InChI is InChI=1S/C34H44N6O9S/c1-21-10-11-22(30(41)37-24-17-23(33(2,3)4)18-25(29(24)46-8)38-50(9,44)45)16-27(21)47-28-19-26(35-20-36-28)31(42)39-12-14-40(15-13-39)49-32(43)48-34(5,6)7/h10-11,16-20,38H,12-15H2,1-9H3,(H,37,41). The zero-order valence-electron chi connectivity index (χ0n) is 29.7. The molecule has 0 saturated carbocycles. The Morgan fingerprint density at radius 3 is 2.16 bits per heavy atom. The van der Waals surface area contributed by atoms with Gasteiger partial charge >= 0.3 is 6.16 Å². The van der Waals surface area contributed by atoms with Crippen LogP contribution in [0.4, 0.5) is 16.2 Å². The van der Waals surface area contributed by atoms with Gasteiger partial charge in [-0.25, -0.2) is 23.2 Å². The first-order chi connectivity index (χ1) is 23.2. The highest BCUT2D eigenvalue weighted by atomic mass is 32.2. The van der Waals surface area contributed by atoms with Gasteiger partial charge in [0.25, 0.3) is 11.8 Å². The number of piperazine rings is 1. The molecule has 0 radical (unpaired) electrons. The lowest BCUT2D eigenvalue weighted by atomic mass is 9.86. The minimum atomic E-state index is -3.65. The van der Waals surface area contributed by atoms with Crippen molar-refractivity contribution in [2.75, 3.05) is 49.6 Å². The first-order valence-corrected chi connectivity index (χ1v) is 17.7.